The maximum Gasteiger partial charge on any atom is 0.272 e. The first-order valence-electron chi connectivity index (χ1n) is 27.1. The average Bonchev–Trinajstić information content (AvgIpc) is 2.58. The number of hydrogen-bond donors (Lipinski definition) is 1. The van der Waals surface area contributed by atoms with Gasteiger partial charge in [-0.15, -0.1) is 0 Å². The molecule has 16 heteroatoms. The van der Waals surface area contributed by atoms with Crippen LogP contribution in [0.4, 0.5) is 11.4 Å². The predicted molar refractivity (Wildman–Crippen MR) is 325 cm³/mol. The van der Waals surface area contributed by atoms with Crippen LogP contribution < -0.4 is 14.2 Å². The molecule has 0 bridgehead atoms. The van der Waals surface area contributed by atoms with E-state index < -0.39 is 20.0 Å². The van der Waals surface area contributed by atoms with E-state index in [2.05, 4.69) is 38.4 Å². The van der Waals surface area contributed by atoms with E-state index in [0.29, 0.717) is 33.9 Å². The van der Waals surface area contributed by atoms with Gasteiger partial charge in [0.1, 0.15) is 22.8 Å². The Bertz CT molecular complexity index is 3320. The molecule has 0 saturated heterocycles. The van der Waals surface area contributed by atoms with Crippen LogP contribution >= 0.6 is 8.53 Å². The molecule has 0 fully saturated rings. The number of benzene rings is 7. The highest BCUT2D eigenvalue weighted by Gasteiger charge is 2.39. The lowest BCUT2D eigenvalue weighted by molar-refractivity contribution is -0.385. The molecule has 3 unspecified atom stereocenters. The number of hydrogen-bond acceptors (Lipinski definition) is 13. The summed E-state index contributed by atoms with van der Waals surface area (Å²) in [5, 5.41) is 44.7. The van der Waals surface area contributed by atoms with Gasteiger partial charge in [-0.2, -0.15) is 5.26 Å². The SMILES string of the molecule is COc1ccc(C(OCC(C)c2cc(/C=C/c3ccc(-c4ccc(/C=C/c5ccc([N+](=O)[O-])c(C(C)COP(OCCC#N)N(C(C)C)C(C)C)c5)c(OC)c4)cc3CO)ccc2[N+](=O)[O-])(c2ccccc2)c2ccc(OC)cc2)cc1. The van der Waals surface area contributed by atoms with E-state index in [-0.39, 0.29) is 72.1 Å². The number of nitrogens with zero attached hydrogens (tertiary/aromatic N) is 4. The molecule has 3 atom stereocenters. The molecule has 0 aliphatic carbocycles. The van der Waals surface area contributed by atoms with Gasteiger partial charge in [0.2, 0.25) is 0 Å². The summed E-state index contributed by atoms with van der Waals surface area (Å²) in [7, 11) is 3.29. The highest BCUT2D eigenvalue weighted by atomic mass is 31.2. The Morgan fingerprint density at radius 2 is 1.10 bits per heavy atom. The van der Waals surface area contributed by atoms with E-state index in [1.165, 1.54) is 12.1 Å². The Balaban J connectivity index is 1.10. The minimum Gasteiger partial charge on any atom is -0.497 e. The summed E-state index contributed by atoms with van der Waals surface area (Å²) in [6, 6.07) is 49.3. The van der Waals surface area contributed by atoms with Crippen molar-refractivity contribution in [3.05, 3.63) is 228 Å². The molecule has 0 heterocycles. The Morgan fingerprint density at radius 1 is 0.598 bits per heavy atom. The highest BCUT2D eigenvalue weighted by Crippen LogP contribution is 2.48. The first-order valence-corrected chi connectivity index (χ1v) is 28.2. The topological polar surface area (TPSA) is 189 Å². The van der Waals surface area contributed by atoms with E-state index in [1.54, 1.807) is 39.5 Å². The van der Waals surface area contributed by atoms with Crippen molar-refractivity contribution >= 4 is 44.2 Å². The molecule has 1 N–H and O–H groups in total. The third kappa shape index (κ3) is 14.9. The van der Waals surface area contributed by atoms with Crippen LogP contribution in [0.3, 0.4) is 0 Å². The molecule has 0 saturated carbocycles. The number of nitriles is 1. The molecule has 0 aliphatic heterocycles. The lowest BCUT2D eigenvalue weighted by atomic mass is 9.79. The van der Waals surface area contributed by atoms with E-state index in [1.807, 2.05) is 159 Å². The maximum atomic E-state index is 12.6. The number of nitro groups is 2. The molecule has 0 aliphatic rings. The van der Waals surface area contributed by atoms with Crippen LogP contribution in [0.1, 0.15) is 115 Å². The van der Waals surface area contributed by atoms with Crippen molar-refractivity contribution in [3.63, 3.8) is 0 Å². The fraction of sp³-hybridized carbons (Fsp3) is 0.288. The van der Waals surface area contributed by atoms with Crippen molar-refractivity contribution < 1.29 is 42.9 Å². The summed E-state index contributed by atoms with van der Waals surface area (Å²) in [6.45, 7) is 12.3. The summed E-state index contributed by atoms with van der Waals surface area (Å²) in [6.07, 6.45) is 7.77. The lowest BCUT2D eigenvalue weighted by Crippen LogP contribution is -2.34. The van der Waals surface area contributed by atoms with Crippen molar-refractivity contribution in [2.45, 2.75) is 84.1 Å². The molecular formula is C66H71N4O11P. The molecule has 7 aromatic carbocycles. The van der Waals surface area contributed by atoms with Gasteiger partial charge in [0.15, 0.2) is 0 Å². The van der Waals surface area contributed by atoms with E-state index >= 15 is 0 Å². The van der Waals surface area contributed by atoms with Crippen molar-refractivity contribution in [3.8, 4) is 34.4 Å². The van der Waals surface area contributed by atoms with E-state index in [0.717, 1.165) is 50.1 Å². The zero-order valence-corrected chi connectivity index (χ0v) is 48.7. The minimum absolute atomic E-state index is 0.00946. The first-order chi connectivity index (χ1) is 39.5. The van der Waals surface area contributed by atoms with E-state index in [4.69, 9.17) is 33.3 Å². The van der Waals surface area contributed by atoms with Gasteiger partial charge in [0.25, 0.3) is 19.9 Å². The van der Waals surface area contributed by atoms with Crippen LogP contribution in [0.5, 0.6) is 17.2 Å². The van der Waals surface area contributed by atoms with Crippen LogP contribution in [0.2, 0.25) is 0 Å². The van der Waals surface area contributed by atoms with Crippen LogP contribution in [0.15, 0.2) is 152 Å². The van der Waals surface area contributed by atoms with Gasteiger partial charge in [0.05, 0.1) is 70.1 Å². The zero-order valence-electron chi connectivity index (χ0n) is 47.9. The summed E-state index contributed by atoms with van der Waals surface area (Å²) in [5.74, 6) is 1.17. The van der Waals surface area contributed by atoms with Crippen LogP contribution in [-0.2, 0) is 26.0 Å². The monoisotopic (exact) mass is 1130 g/mol. The third-order valence-electron chi connectivity index (χ3n) is 14.2. The second-order valence-electron chi connectivity index (χ2n) is 20.3. The Labute approximate surface area is 482 Å². The van der Waals surface area contributed by atoms with Gasteiger partial charge >= 0.3 is 0 Å². The number of rotatable bonds is 28. The Hall–Kier alpha value is -8.06. The largest absolute Gasteiger partial charge is 0.497 e. The molecule has 82 heavy (non-hydrogen) atoms. The van der Waals surface area contributed by atoms with Crippen molar-refractivity contribution in [2.75, 3.05) is 41.2 Å². The van der Waals surface area contributed by atoms with Gasteiger partial charge in [-0.3, -0.25) is 20.2 Å². The maximum absolute atomic E-state index is 12.6. The van der Waals surface area contributed by atoms with Gasteiger partial charge in [-0.1, -0.05) is 117 Å². The fourth-order valence-corrected chi connectivity index (χ4v) is 11.6. The normalized spacial score (nSPS) is 12.9. The quantitative estimate of drug-likeness (QED) is 0.0122. The molecule has 0 radical (unpaired) electrons. The Morgan fingerprint density at radius 3 is 1.59 bits per heavy atom. The van der Waals surface area contributed by atoms with Gasteiger partial charge < -0.3 is 33.1 Å². The average molecular weight is 1130 g/mol. The number of aliphatic hydroxyl groups is 1. The molecule has 7 rings (SSSR count). The second-order valence-corrected chi connectivity index (χ2v) is 21.8. The van der Waals surface area contributed by atoms with Gasteiger partial charge in [-0.25, -0.2) is 4.67 Å². The molecule has 7 aromatic rings. The van der Waals surface area contributed by atoms with E-state index in [9.17, 15) is 25.3 Å². The number of nitro benzene ring substituents is 2. The van der Waals surface area contributed by atoms with Crippen molar-refractivity contribution in [1.29, 1.82) is 5.26 Å². The highest BCUT2D eigenvalue weighted by molar-refractivity contribution is 7.44. The summed E-state index contributed by atoms with van der Waals surface area (Å²) < 4.78 is 38.6. The molecule has 0 amide bonds. The zero-order chi connectivity index (χ0) is 58.9. The number of aliphatic hydroxyl groups excluding tert-OH is 1. The fourth-order valence-electron chi connectivity index (χ4n) is 9.95. The smallest absolute Gasteiger partial charge is 0.272 e. The van der Waals surface area contributed by atoms with Crippen LogP contribution in [-0.4, -0.2) is 72.9 Å². The standard InChI is InChI=1S/C66H71N4O11P/c1-45(2)68(46(3)4)82(80-37-13-36-67)81-44-48(6)62-39-50(19-35-64(62)70(74)75)17-21-52-23-25-54(41-65(52)78-9)53-24-22-51(55(40-53)42-71)20-16-49-18-34-63(69(72)73)61(38-49)47(5)43-79-66(56-14-11-10-12-15-56,57-26-30-59(76-7)31-27-57)58-28-32-60(77-8)33-29-58/h10-12,14-35,38-41,45-48,71H,13,37,42-44H2,1-9H3/b20-16+,21-17+. The van der Waals surface area contributed by atoms with Gasteiger partial charge in [-0.05, 0) is 138 Å². The number of methoxy groups -OCH3 is 3. The van der Waals surface area contributed by atoms with Gasteiger partial charge in [0, 0.05) is 52.7 Å². The second kappa shape index (κ2) is 29.1. The number of ether oxygens (including phenoxy) is 4. The van der Waals surface area contributed by atoms with Crippen LogP contribution in [0, 0.1) is 31.6 Å². The minimum atomic E-state index is -1.53. The molecule has 0 aromatic heterocycles. The van der Waals surface area contributed by atoms with Crippen molar-refractivity contribution in [2.24, 2.45) is 0 Å². The molecule has 15 nitrogen and oxygen atoms in total. The molecule has 426 valence electrons. The first kappa shape index (κ1) is 61.6. The lowest BCUT2D eigenvalue weighted by Gasteiger charge is -2.37. The molecular weight excluding hydrogens is 1060 g/mol. The Kier molecular flexibility index (Phi) is 21.8. The predicted octanol–water partition coefficient (Wildman–Crippen LogP) is 15.5. The molecule has 0 spiro atoms. The summed E-state index contributed by atoms with van der Waals surface area (Å²) >= 11 is 0. The van der Waals surface area contributed by atoms with Crippen LogP contribution in [0.25, 0.3) is 35.4 Å². The third-order valence-corrected chi connectivity index (χ3v) is 16.2. The summed E-state index contributed by atoms with van der Waals surface area (Å²) in [4.78, 5) is 24.1. The van der Waals surface area contributed by atoms with Crippen molar-refractivity contribution in [1.82, 2.24) is 4.67 Å². The summed E-state index contributed by atoms with van der Waals surface area (Å²) in [5.41, 5.74) is 7.80.